The molecule has 0 aliphatic rings. The maximum atomic E-state index is 11.7. The van der Waals surface area contributed by atoms with Crippen LogP contribution in [0.3, 0.4) is 0 Å². The molecule has 0 fully saturated rings. The van der Waals surface area contributed by atoms with Gasteiger partial charge >= 0.3 is 0 Å². The summed E-state index contributed by atoms with van der Waals surface area (Å²) in [4.78, 5) is 4.44. The second-order valence-electron chi connectivity index (χ2n) is 5.62. The summed E-state index contributed by atoms with van der Waals surface area (Å²) in [7, 11) is -0.287. The SMILES string of the molecule is CN=C(NCc1ccc(C)cc1)NCc1ccc(S(=O)(=O)NC)cc1. The molecule has 134 valence electrons. The smallest absolute Gasteiger partial charge is 0.240 e. The van der Waals surface area contributed by atoms with Crippen molar-refractivity contribution in [3.63, 3.8) is 0 Å². The van der Waals surface area contributed by atoms with Crippen LogP contribution in [0.4, 0.5) is 0 Å². The Labute approximate surface area is 149 Å². The molecular weight excluding hydrogens is 336 g/mol. The van der Waals surface area contributed by atoms with Crippen LogP contribution in [0.25, 0.3) is 0 Å². The second-order valence-corrected chi connectivity index (χ2v) is 7.50. The molecular formula is C18H24N4O2S. The van der Waals surface area contributed by atoms with Crippen molar-refractivity contribution >= 4 is 16.0 Å². The molecule has 0 aliphatic carbocycles. The number of nitrogens with one attached hydrogen (secondary N) is 3. The van der Waals surface area contributed by atoms with E-state index in [1.54, 1.807) is 31.3 Å². The van der Waals surface area contributed by atoms with Gasteiger partial charge < -0.3 is 10.6 Å². The number of hydrogen-bond donors (Lipinski definition) is 3. The Balaban J connectivity index is 1.89. The first-order valence-corrected chi connectivity index (χ1v) is 9.45. The molecule has 3 N–H and O–H groups in total. The van der Waals surface area contributed by atoms with E-state index in [1.807, 2.05) is 0 Å². The molecule has 0 unspecified atom stereocenters. The van der Waals surface area contributed by atoms with E-state index in [4.69, 9.17) is 0 Å². The third-order valence-corrected chi connectivity index (χ3v) is 5.20. The molecule has 0 atom stereocenters. The molecule has 0 spiro atoms. The van der Waals surface area contributed by atoms with Crippen molar-refractivity contribution in [1.29, 1.82) is 0 Å². The van der Waals surface area contributed by atoms with Gasteiger partial charge in [0.15, 0.2) is 5.96 Å². The van der Waals surface area contributed by atoms with Gasteiger partial charge in [0.2, 0.25) is 10.0 Å². The zero-order chi connectivity index (χ0) is 18.3. The summed E-state index contributed by atoms with van der Waals surface area (Å²) in [5, 5.41) is 6.47. The lowest BCUT2D eigenvalue weighted by atomic mass is 10.1. The number of guanidine groups is 1. The van der Waals surface area contributed by atoms with E-state index < -0.39 is 10.0 Å². The number of rotatable bonds is 6. The van der Waals surface area contributed by atoms with Gasteiger partial charge in [-0.2, -0.15) is 0 Å². The minimum absolute atomic E-state index is 0.251. The van der Waals surface area contributed by atoms with Gasteiger partial charge in [0.05, 0.1) is 4.90 Å². The third-order valence-electron chi connectivity index (χ3n) is 3.77. The standard InChI is InChI=1S/C18H24N4O2S/c1-14-4-6-15(7-5-14)12-21-18(19-2)22-13-16-8-10-17(11-9-16)25(23,24)20-3/h4-11,20H,12-13H2,1-3H3,(H2,19,21,22). The fraction of sp³-hybridized carbons (Fsp3) is 0.278. The molecule has 2 rings (SSSR count). The highest BCUT2D eigenvalue weighted by Crippen LogP contribution is 2.10. The van der Waals surface area contributed by atoms with E-state index in [0.29, 0.717) is 19.0 Å². The van der Waals surface area contributed by atoms with E-state index >= 15 is 0 Å². The predicted molar refractivity (Wildman–Crippen MR) is 101 cm³/mol. The van der Waals surface area contributed by atoms with Crippen molar-refractivity contribution in [2.75, 3.05) is 14.1 Å². The minimum Gasteiger partial charge on any atom is -0.352 e. The van der Waals surface area contributed by atoms with Crippen molar-refractivity contribution in [1.82, 2.24) is 15.4 Å². The highest BCUT2D eigenvalue weighted by Gasteiger charge is 2.10. The molecule has 0 aliphatic heterocycles. The summed E-state index contributed by atoms with van der Waals surface area (Å²) in [6.45, 7) is 3.29. The zero-order valence-corrected chi connectivity index (χ0v) is 15.5. The Morgan fingerprint density at radius 3 is 1.84 bits per heavy atom. The van der Waals surface area contributed by atoms with Crippen molar-refractivity contribution in [2.24, 2.45) is 4.99 Å². The quantitative estimate of drug-likeness (QED) is 0.542. The van der Waals surface area contributed by atoms with Crippen LogP contribution in [0.2, 0.25) is 0 Å². The van der Waals surface area contributed by atoms with Gasteiger partial charge in [0, 0.05) is 20.1 Å². The van der Waals surface area contributed by atoms with Crippen LogP contribution in [0.5, 0.6) is 0 Å². The summed E-state index contributed by atoms with van der Waals surface area (Å²) in [6, 6.07) is 15.1. The van der Waals surface area contributed by atoms with Gasteiger partial charge in [-0.1, -0.05) is 42.0 Å². The van der Waals surface area contributed by atoms with Crippen LogP contribution in [0.15, 0.2) is 58.4 Å². The maximum absolute atomic E-state index is 11.7. The van der Waals surface area contributed by atoms with E-state index in [-0.39, 0.29) is 4.90 Å². The van der Waals surface area contributed by atoms with Crippen LogP contribution in [0.1, 0.15) is 16.7 Å². The molecule has 25 heavy (non-hydrogen) atoms. The summed E-state index contributed by atoms with van der Waals surface area (Å²) >= 11 is 0. The third kappa shape index (κ3) is 5.58. The Morgan fingerprint density at radius 2 is 1.40 bits per heavy atom. The molecule has 2 aromatic carbocycles. The number of aryl methyl sites for hydroxylation is 1. The van der Waals surface area contributed by atoms with Gasteiger partial charge in [-0.3, -0.25) is 4.99 Å². The predicted octanol–water partition coefficient (Wildman–Crippen LogP) is 1.77. The highest BCUT2D eigenvalue weighted by atomic mass is 32.2. The Bertz CT molecular complexity index is 813. The summed E-state index contributed by atoms with van der Waals surface area (Å²) < 4.78 is 25.7. The number of benzene rings is 2. The Hall–Kier alpha value is -2.38. The molecule has 0 bridgehead atoms. The van der Waals surface area contributed by atoms with Crippen molar-refractivity contribution in [3.05, 3.63) is 65.2 Å². The lowest BCUT2D eigenvalue weighted by Crippen LogP contribution is -2.36. The van der Waals surface area contributed by atoms with Gasteiger partial charge in [-0.25, -0.2) is 13.1 Å². The molecule has 0 aromatic heterocycles. The fourth-order valence-corrected chi connectivity index (χ4v) is 2.93. The number of nitrogens with zero attached hydrogens (tertiary/aromatic N) is 1. The van der Waals surface area contributed by atoms with Crippen LogP contribution in [0, 0.1) is 6.92 Å². The number of sulfonamides is 1. The van der Waals surface area contributed by atoms with Crippen molar-refractivity contribution in [2.45, 2.75) is 24.9 Å². The van der Waals surface area contributed by atoms with Gasteiger partial charge in [0.25, 0.3) is 0 Å². The lowest BCUT2D eigenvalue weighted by Gasteiger charge is -2.12. The molecule has 0 saturated carbocycles. The van der Waals surface area contributed by atoms with Crippen molar-refractivity contribution < 1.29 is 8.42 Å². The number of hydrogen-bond acceptors (Lipinski definition) is 3. The average Bonchev–Trinajstić information content (AvgIpc) is 2.63. The van der Waals surface area contributed by atoms with E-state index in [0.717, 1.165) is 5.56 Å². The highest BCUT2D eigenvalue weighted by molar-refractivity contribution is 7.89. The normalized spacial score (nSPS) is 12.0. The molecule has 7 heteroatoms. The monoisotopic (exact) mass is 360 g/mol. The molecule has 6 nitrogen and oxygen atoms in total. The first kappa shape index (κ1) is 19.0. The Kier molecular flexibility index (Phi) is 6.55. The average molecular weight is 360 g/mol. The largest absolute Gasteiger partial charge is 0.352 e. The molecule has 2 aromatic rings. The summed E-state index contributed by atoms with van der Waals surface area (Å²) in [5.74, 6) is 0.687. The first-order valence-electron chi connectivity index (χ1n) is 7.97. The molecule has 0 heterocycles. The summed E-state index contributed by atoms with van der Waals surface area (Å²) in [5.41, 5.74) is 3.37. The minimum atomic E-state index is -3.40. The lowest BCUT2D eigenvalue weighted by molar-refractivity contribution is 0.588. The second kappa shape index (κ2) is 8.64. The molecule has 0 saturated heterocycles. The fourth-order valence-electron chi connectivity index (χ4n) is 2.20. The number of aliphatic imine (C=N–C) groups is 1. The van der Waals surface area contributed by atoms with Crippen LogP contribution in [-0.4, -0.2) is 28.5 Å². The summed E-state index contributed by atoms with van der Waals surface area (Å²) in [6.07, 6.45) is 0. The van der Waals surface area contributed by atoms with Crippen LogP contribution >= 0.6 is 0 Å². The van der Waals surface area contributed by atoms with Gasteiger partial charge in [-0.15, -0.1) is 0 Å². The van der Waals surface area contributed by atoms with Crippen LogP contribution < -0.4 is 15.4 Å². The molecule has 0 amide bonds. The zero-order valence-electron chi connectivity index (χ0n) is 14.7. The molecule has 0 radical (unpaired) electrons. The van der Waals surface area contributed by atoms with E-state index in [9.17, 15) is 8.42 Å². The maximum Gasteiger partial charge on any atom is 0.240 e. The Morgan fingerprint density at radius 1 is 0.920 bits per heavy atom. The van der Waals surface area contributed by atoms with Crippen LogP contribution in [-0.2, 0) is 23.1 Å². The first-order chi connectivity index (χ1) is 11.9. The van der Waals surface area contributed by atoms with Crippen molar-refractivity contribution in [3.8, 4) is 0 Å². The van der Waals surface area contributed by atoms with Gasteiger partial charge in [0.1, 0.15) is 0 Å². The topological polar surface area (TPSA) is 82.6 Å². The van der Waals surface area contributed by atoms with Gasteiger partial charge in [-0.05, 0) is 37.2 Å². The van der Waals surface area contributed by atoms with E-state index in [2.05, 4.69) is 51.5 Å². The van der Waals surface area contributed by atoms with E-state index in [1.165, 1.54) is 18.2 Å².